The minimum absolute atomic E-state index is 0.142. The fourth-order valence-corrected chi connectivity index (χ4v) is 4.38. The lowest BCUT2D eigenvalue weighted by atomic mass is 9.91. The van der Waals surface area contributed by atoms with Gasteiger partial charge in [-0.25, -0.2) is 0 Å². The second kappa shape index (κ2) is 10.3. The Labute approximate surface area is 187 Å². The maximum atomic E-state index is 12.7. The third-order valence-corrected chi connectivity index (χ3v) is 6.40. The molecule has 1 fully saturated rings. The number of amides is 1. The zero-order valence-electron chi connectivity index (χ0n) is 17.9. The van der Waals surface area contributed by atoms with Gasteiger partial charge < -0.3 is 13.8 Å². The van der Waals surface area contributed by atoms with Crippen LogP contribution in [-0.2, 0) is 19.1 Å². The number of rotatable bonds is 6. The minimum atomic E-state index is -4.26. The number of ether oxygens (including phenoxy) is 1. The number of likely N-dealkylation sites (tertiary alicyclic amines) is 1. The SMILES string of the molecule is CC#CCOc1ccc(S(=O)(=O)OC(=O)C2CCN(C(=O)c3cccnc3)C(C)C2)cc1. The van der Waals surface area contributed by atoms with Crippen LogP contribution in [0, 0.1) is 17.8 Å². The molecule has 1 aromatic heterocycles. The van der Waals surface area contributed by atoms with E-state index in [1.165, 1.54) is 30.5 Å². The molecule has 1 amide bonds. The molecule has 0 radical (unpaired) electrons. The van der Waals surface area contributed by atoms with Gasteiger partial charge in [0.1, 0.15) is 17.3 Å². The smallest absolute Gasteiger partial charge is 0.341 e. The van der Waals surface area contributed by atoms with E-state index in [-0.39, 0.29) is 23.5 Å². The van der Waals surface area contributed by atoms with Gasteiger partial charge in [-0.1, -0.05) is 5.92 Å². The van der Waals surface area contributed by atoms with Crippen molar-refractivity contribution < 1.29 is 26.9 Å². The molecule has 9 heteroatoms. The molecule has 8 nitrogen and oxygen atoms in total. The van der Waals surface area contributed by atoms with Gasteiger partial charge in [0, 0.05) is 25.0 Å². The Bertz CT molecular complexity index is 1120. The second-order valence-corrected chi connectivity index (χ2v) is 8.90. The van der Waals surface area contributed by atoms with Gasteiger partial charge in [-0.2, -0.15) is 8.42 Å². The van der Waals surface area contributed by atoms with Gasteiger partial charge in [-0.15, -0.1) is 5.92 Å². The molecule has 2 unspecified atom stereocenters. The van der Waals surface area contributed by atoms with Crippen molar-refractivity contribution in [1.82, 2.24) is 9.88 Å². The van der Waals surface area contributed by atoms with Crippen LogP contribution in [0.1, 0.15) is 37.0 Å². The van der Waals surface area contributed by atoms with E-state index in [0.29, 0.717) is 30.7 Å². The molecule has 0 aliphatic carbocycles. The van der Waals surface area contributed by atoms with Crippen molar-refractivity contribution in [2.45, 2.75) is 37.6 Å². The molecule has 0 bridgehead atoms. The normalized spacial score (nSPS) is 18.2. The zero-order chi connectivity index (χ0) is 23.1. The van der Waals surface area contributed by atoms with Crippen LogP contribution in [0.4, 0.5) is 0 Å². The van der Waals surface area contributed by atoms with E-state index in [0.717, 1.165) is 0 Å². The highest BCUT2D eigenvalue weighted by molar-refractivity contribution is 7.87. The summed E-state index contributed by atoms with van der Waals surface area (Å²) in [7, 11) is -4.26. The molecule has 2 atom stereocenters. The first kappa shape index (κ1) is 23.3. The third kappa shape index (κ3) is 5.65. The summed E-state index contributed by atoms with van der Waals surface area (Å²) in [6, 6.07) is 8.70. The molecule has 3 rings (SSSR count). The van der Waals surface area contributed by atoms with E-state index >= 15 is 0 Å². The Morgan fingerprint density at radius 2 is 1.97 bits per heavy atom. The highest BCUT2D eigenvalue weighted by atomic mass is 32.2. The lowest BCUT2D eigenvalue weighted by molar-refractivity contribution is -0.140. The predicted molar refractivity (Wildman–Crippen MR) is 116 cm³/mol. The Hall–Kier alpha value is -3.38. The van der Waals surface area contributed by atoms with Gasteiger partial charge in [-0.3, -0.25) is 14.6 Å². The number of benzene rings is 1. The topological polar surface area (TPSA) is 103 Å². The van der Waals surface area contributed by atoms with Crippen LogP contribution in [-0.4, -0.2) is 49.4 Å². The summed E-state index contributed by atoms with van der Waals surface area (Å²) in [5.74, 6) is 4.29. The molecule has 1 aromatic carbocycles. The first-order valence-corrected chi connectivity index (χ1v) is 11.5. The van der Waals surface area contributed by atoms with Crippen LogP contribution in [0.25, 0.3) is 0 Å². The average Bonchev–Trinajstić information content (AvgIpc) is 2.79. The Balaban J connectivity index is 1.59. The third-order valence-electron chi connectivity index (χ3n) is 5.17. The fraction of sp³-hybridized carbons (Fsp3) is 0.348. The molecule has 1 saturated heterocycles. The quantitative estimate of drug-likeness (QED) is 0.486. The highest BCUT2D eigenvalue weighted by Crippen LogP contribution is 2.27. The predicted octanol–water partition coefficient (Wildman–Crippen LogP) is 2.66. The van der Waals surface area contributed by atoms with E-state index in [9.17, 15) is 18.0 Å². The average molecular weight is 457 g/mol. The summed E-state index contributed by atoms with van der Waals surface area (Å²) in [6.45, 7) is 4.03. The van der Waals surface area contributed by atoms with E-state index < -0.39 is 22.0 Å². The second-order valence-electron chi connectivity index (χ2n) is 7.35. The van der Waals surface area contributed by atoms with Crippen LogP contribution in [0.15, 0.2) is 53.7 Å². The van der Waals surface area contributed by atoms with Crippen molar-refractivity contribution in [3.05, 3.63) is 54.4 Å². The van der Waals surface area contributed by atoms with Gasteiger partial charge in [0.05, 0.1) is 11.5 Å². The van der Waals surface area contributed by atoms with Crippen molar-refractivity contribution >= 4 is 22.0 Å². The number of aromatic nitrogens is 1. The van der Waals surface area contributed by atoms with Crippen molar-refractivity contribution in [1.29, 1.82) is 0 Å². The van der Waals surface area contributed by atoms with Crippen molar-refractivity contribution in [3.8, 4) is 17.6 Å². The Morgan fingerprint density at radius 3 is 2.59 bits per heavy atom. The molecular formula is C23H24N2O6S. The summed E-state index contributed by atoms with van der Waals surface area (Å²) in [6.07, 6.45) is 3.71. The summed E-state index contributed by atoms with van der Waals surface area (Å²) in [4.78, 5) is 30.7. The van der Waals surface area contributed by atoms with E-state index in [1.54, 1.807) is 30.2 Å². The van der Waals surface area contributed by atoms with E-state index in [4.69, 9.17) is 8.92 Å². The van der Waals surface area contributed by atoms with Gasteiger partial charge in [0.25, 0.3) is 5.91 Å². The van der Waals surface area contributed by atoms with E-state index in [1.807, 2.05) is 6.92 Å². The summed E-state index contributed by atoms with van der Waals surface area (Å²) in [5.41, 5.74) is 0.470. The fourth-order valence-electron chi connectivity index (χ4n) is 3.46. The first-order valence-electron chi connectivity index (χ1n) is 10.1. The molecule has 2 heterocycles. The van der Waals surface area contributed by atoms with Gasteiger partial charge in [0.15, 0.2) is 0 Å². The molecule has 1 aliphatic rings. The molecule has 0 N–H and O–H groups in total. The van der Waals surface area contributed by atoms with E-state index in [2.05, 4.69) is 16.8 Å². The number of carbonyl (C=O) groups is 2. The van der Waals surface area contributed by atoms with Gasteiger partial charge >= 0.3 is 16.1 Å². The van der Waals surface area contributed by atoms with Crippen LogP contribution in [0.2, 0.25) is 0 Å². The number of hydrogen-bond acceptors (Lipinski definition) is 7. The summed E-state index contributed by atoms with van der Waals surface area (Å²) in [5, 5.41) is 0. The first-order chi connectivity index (χ1) is 15.3. The molecule has 1 aliphatic heterocycles. The highest BCUT2D eigenvalue weighted by Gasteiger charge is 2.35. The molecule has 0 saturated carbocycles. The minimum Gasteiger partial charge on any atom is -0.481 e. The lowest BCUT2D eigenvalue weighted by Crippen LogP contribution is -2.46. The summed E-state index contributed by atoms with van der Waals surface area (Å²) < 4.78 is 35.3. The zero-order valence-corrected chi connectivity index (χ0v) is 18.7. The van der Waals surface area contributed by atoms with Crippen molar-refractivity contribution in [2.24, 2.45) is 5.92 Å². The monoisotopic (exact) mass is 456 g/mol. The number of nitrogens with zero attached hydrogens (tertiary/aromatic N) is 2. The van der Waals surface area contributed by atoms with Crippen LogP contribution >= 0.6 is 0 Å². The van der Waals surface area contributed by atoms with Gasteiger partial charge in [0.2, 0.25) is 0 Å². The lowest BCUT2D eigenvalue weighted by Gasteiger charge is -2.36. The standard InChI is InChI=1S/C23H24N2O6S/c1-3-4-14-30-20-7-9-21(10-8-20)32(28,29)31-23(27)18-11-13-25(17(2)15-18)22(26)19-6-5-12-24-16-19/h5-10,12,16-18H,11,13-15H2,1-2H3. The van der Waals surface area contributed by atoms with Crippen molar-refractivity contribution in [3.63, 3.8) is 0 Å². The largest absolute Gasteiger partial charge is 0.481 e. The molecule has 2 aromatic rings. The molecule has 0 spiro atoms. The molecule has 168 valence electrons. The molecular weight excluding hydrogens is 432 g/mol. The van der Waals surface area contributed by atoms with Crippen LogP contribution in [0.5, 0.6) is 5.75 Å². The number of hydrogen-bond donors (Lipinski definition) is 0. The Morgan fingerprint density at radius 1 is 1.22 bits per heavy atom. The molecule has 32 heavy (non-hydrogen) atoms. The van der Waals surface area contributed by atoms with Crippen LogP contribution in [0.3, 0.4) is 0 Å². The van der Waals surface area contributed by atoms with Crippen molar-refractivity contribution in [2.75, 3.05) is 13.2 Å². The number of piperidine rings is 1. The maximum Gasteiger partial charge on any atom is 0.341 e. The van der Waals surface area contributed by atoms with Crippen LogP contribution < -0.4 is 4.74 Å². The van der Waals surface area contributed by atoms with Gasteiger partial charge in [-0.05, 0) is 63.1 Å². The maximum absolute atomic E-state index is 12.7. The summed E-state index contributed by atoms with van der Waals surface area (Å²) >= 11 is 0. The number of pyridine rings is 1. The number of carbonyl (C=O) groups excluding carboxylic acids is 2. The Kier molecular flexibility index (Phi) is 7.49.